The molecular weight excluding hydrogens is 178 g/mol. The van der Waals surface area contributed by atoms with Crippen LogP contribution in [0.25, 0.3) is 0 Å². The third-order valence-electron chi connectivity index (χ3n) is 2.78. The predicted molar refractivity (Wildman–Crippen MR) is 56.2 cm³/mol. The summed E-state index contributed by atoms with van der Waals surface area (Å²) in [5.74, 6) is -0.193. The second-order valence-electron chi connectivity index (χ2n) is 4.19. The average molecular weight is 197 g/mol. The molecule has 3 nitrogen and oxygen atoms in total. The van der Waals surface area contributed by atoms with Crippen molar-refractivity contribution in [1.29, 1.82) is 0 Å². The van der Waals surface area contributed by atoms with E-state index in [-0.39, 0.29) is 0 Å². The van der Waals surface area contributed by atoms with Gasteiger partial charge in [-0.1, -0.05) is 19.9 Å². The number of hydrogen-bond acceptors (Lipinski definition) is 2. The molecule has 1 unspecified atom stereocenters. The zero-order valence-electron chi connectivity index (χ0n) is 8.94. The highest BCUT2D eigenvalue weighted by atomic mass is 16.4. The van der Waals surface area contributed by atoms with E-state index < -0.39 is 5.97 Å². The van der Waals surface area contributed by atoms with Crippen LogP contribution in [0, 0.1) is 5.92 Å². The Balaban J connectivity index is 2.40. The normalized spacial score (nSPS) is 23.8. The van der Waals surface area contributed by atoms with Crippen LogP contribution in [-0.2, 0) is 4.79 Å². The minimum absolute atomic E-state index is 0.633. The summed E-state index contributed by atoms with van der Waals surface area (Å²) >= 11 is 0. The molecule has 0 aromatic rings. The molecule has 1 heterocycles. The molecule has 1 saturated heterocycles. The quantitative estimate of drug-likeness (QED) is 0.698. The van der Waals surface area contributed by atoms with Crippen molar-refractivity contribution in [2.24, 2.45) is 5.92 Å². The van der Waals surface area contributed by atoms with Crippen LogP contribution in [0.5, 0.6) is 0 Å². The minimum Gasteiger partial charge on any atom is -0.478 e. The summed E-state index contributed by atoms with van der Waals surface area (Å²) < 4.78 is 0. The first kappa shape index (κ1) is 11.2. The molecule has 3 heteroatoms. The van der Waals surface area contributed by atoms with Crippen LogP contribution in [0.4, 0.5) is 0 Å². The maximum absolute atomic E-state index is 10.3. The number of hydrogen-bond donors (Lipinski definition) is 1. The first-order valence-corrected chi connectivity index (χ1v) is 5.24. The standard InChI is InChI=1S/C11H19NO2/c1-9(2)10-5-3-7-12(10)8-4-6-11(13)14/h4,6,9-10H,3,5,7-8H2,1-2H3,(H,13,14)/b6-4+. The topological polar surface area (TPSA) is 40.5 Å². The molecule has 1 fully saturated rings. The van der Waals surface area contributed by atoms with Gasteiger partial charge < -0.3 is 5.11 Å². The van der Waals surface area contributed by atoms with Gasteiger partial charge in [-0.2, -0.15) is 0 Å². The Morgan fingerprint density at radius 1 is 1.64 bits per heavy atom. The monoisotopic (exact) mass is 197 g/mol. The molecule has 1 aliphatic rings. The molecule has 1 N–H and O–H groups in total. The second kappa shape index (κ2) is 5.15. The molecule has 0 amide bonds. The maximum Gasteiger partial charge on any atom is 0.328 e. The van der Waals surface area contributed by atoms with Gasteiger partial charge in [0, 0.05) is 18.7 Å². The molecule has 0 saturated carbocycles. The summed E-state index contributed by atoms with van der Waals surface area (Å²) in [6.07, 6.45) is 5.46. The highest BCUT2D eigenvalue weighted by molar-refractivity contribution is 5.79. The lowest BCUT2D eigenvalue weighted by molar-refractivity contribution is -0.131. The molecule has 0 bridgehead atoms. The molecule has 1 aliphatic heterocycles. The van der Waals surface area contributed by atoms with Gasteiger partial charge in [-0.05, 0) is 25.3 Å². The molecule has 1 atom stereocenters. The van der Waals surface area contributed by atoms with Gasteiger partial charge in [-0.3, -0.25) is 4.90 Å². The Kier molecular flexibility index (Phi) is 4.14. The lowest BCUT2D eigenvalue weighted by Crippen LogP contribution is -2.33. The summed E-state index contributed by atoms with van der Waals surface area (Å²) in [6, 6.07) is 0.633. The lowest BCUT2D eigenvalue weighted by atomic mass is 10.0. The van der Waals surface area contributed by atoms with Crippen LogP contribution in [0.2, 0.25) is 0 Å². The van der Waals surface area contributed by atoms with Crippen molar-refractivity contribution in [2.45, 2.75) is 32.7 Å². The van der Waals surface area contributed by atoms with Crippen LogP contribution in [0.3, 0.4) is 0 Å². The van der Waals surface area contributed by atoms with E-state index in [0.29, 0.717) is 12.0 Å². The van der Waals surface area contributed by atoms with Crippen molar-refractivity contribution in [2.75, 3.05) is 13.1 Å². The summed E-state index contributed by atoms with van der Waals surface area (Å²) in [7, 11) is 0. The second-order valence-corrected chi connectivity index (χ2v) is 4.19. The van der Waals surface area contributed by atoms with Crippen LogP contribution in [0.1, 0.15) is 26.7 Å². The first-order valence-electron chi connectivity index (χ1n) is 5.24. The fourth-order valence-electron chi connectivity index (χ4n) is 2.12. The molecule has 0 aromatic heterocycles. The Hall–Kier alpha value is -0.830. The summed E-state index contributed by atoms with van der Waals surface area (Å²) in [6.45, 7) is 6.33. The third kappa shape index (κ3) is 3.14. The van der Waals surface area contributed by atoms with E-state index in [1.807, 2.05) is 0 Å². The van der Waals surface area contributed by atoms with Crippen molar-refractivity contribution in [1.82, 2.24) is 4.90 Å². The Bertz CT molecular complexity index is 223. The van der Waals surface area contributed by atoms with Gasteiger partial charge in [-0.15, -0.1) is 0 Å². The molecule has 0 aromatic carbocycles. The van der Waals surface area contributed by atoms with Crippen LogP contribution in [-0.4, -0.2) is 35.1 Å². The van der Waals surface area contributed by atoms with Gasteiger partial charge >= 0.3 is 5.97 Å². The van der Waals surface area contributed by atoms with Crippen LogP contribution < -0.4 is 0 Å². The Morgan fingerprint density at radius 2 is 2.36 bits per heavy atom. The molecule has 0 radical (unpaired) electrons. The Morgan fingerprint density at radius 3 is 2.93 bits per heavy atom. The fourth-order valence-corrected chi connectivity index (χ4v) is 2.12. The molecular formula is C11H19NO2. The van der Waals surface area contributed by atoms with Crippen molar-refractivity contribution in [3.63, 3.8) is 0 Å². The Labute approximate surface area is 85.4 Å². The zero-order valence-corrected chi connectivity index (χ0v) is 8.94. The number of aliphatic carboxylic acids is 1. The molecule has 0 spiro atoms. The van der Waals surface area contributed by atoms with Gasteiger partial charge in [-0.25, -0.2) is 4.79 Å². The number of carbonyl (C=O) groups is 1. The van der Waals surface area contributed by atoms with E-state index in [1.165, 1.54) is 18.9 Å². The van der Waals surface area contributed by atoms with Gasteiger partial charge in [0.25, 0.3) is 0 Å². The van der Waals surface area contributed by atoms with E-state index in [9.17, 15) is 4.79 Å². The highest BCUT2D eigenvalue weighted by Gasteiger charge is 2.25. The smallest absolute Gasteiger partial charge is 0.328 e. The molecule has 1 rings (SSSR count). The fraction of sp³-hybridized carbons (Fsp3) is 0.727. The summed E-state index contributed by atoms with van der Waals surface area (Å²) in [5.41, 5.74) is 0. The molecule has 80 valence electrons. The van der Waals surface area contributed by atoms with Gasteiger partial charge in [0.2, 0.25) is 0 Å². The zero-order chi connectivity index (χ0) is 10.6. The lowest BCUT2D eigenvalue weighted by Gasteiger charge is -2.26. The van der Waals surface area contributed by atoms with Crippen molar-refractivity contribution >= 4 is 5.97 Å². The van der Waals surface area contributed by atoms with E-state index in [4.69, 9.17) is 5.11 Å². The third-order valence-corrected chi connectivity index (χ3v) is 2.78. The summed E-state index contributed by atoms with van der Waals surface area (Å²) in [5, 5.41) is 8.46. The van der Waals surface area contributed by atoms with Crippen LogP contribution >= 0.6 is 0 Å². The number of nitrogens with zero attached hydrogens (tertiary/aromatic N) is 1. The van der Waals surface area contributed by atoms with E-state index in [1.54, 1.807) is 6.08 Å². The van der Waals surface area contributed by atoms with E-state index >= 15 is 0 Å². The van der Waals surface area contributed by atoms with Gasteiger partial charge in [0.05, 0.1) is 0 Å². The first-order chi connectivity index (χ1) is 6.61. The van der Waals surface area contributed by atoms with Gasteiger partial charge in [0.1, 0.15) is 0 Å². The number of carboxylic acids is 1. The number of likely N-dealkylation sites (tertiary alicyclic amines) is 1. The van der Waals surface area contributed by atoms with E-state index in [0.717, 1.165) is 13.1 Å². The van der Waals surface area contributed by atoms with Crippen molar-refractivity contribution in [3.8, 4) is 0 Å². The van der Waals surface area contributed by atoms with Gasteiger partial charge in [0.15, 0.2) is 0 Å². The van der Waals surface area contributed by atoms with Crippen molar-refractivity contribution in [3.05, 3.63) is 12.2 Å². The largest absolute Gasteiger partial charge is 0.478 e. The molecule has 0 aliphatic carbocycles. The maximum atomic E-state index is 10.3. The number of rotatable bonds is 4. The van der Waals surface area contributed by atoms with E-state index in [2.05, 4.69) is 18.7 Å². The average Bonchev–Trinajstić information content (AvgIpc) is 2.51. The SMILES string of the molecule is CC(C)C1CCCN1C/C=C/C(=O)O. The highest BCUT2D eigenvalue weighted by Crippen LogP contribution is 2.23. The van der Waals surface area contributed by atoms with Crippen molar-refractivity contribution < 1.29 is 9.90 Å². The predicted octanol–water partition coefficient (Wildman–Crippen LogP) is 1.75. The van der Waals surface area contributed by atoms with Crippen LogP contribution in [0.15, 0.2) is 12.2 Å². The minimum atomic E-state index is -0.856. The summed E-state index contributed by atoms with van der Waals surface area (Å²) in [4.78, 5) is 12.6. The molecule has 14 heavy (non-hydrogen) atoms. The number of carboxylic acid groups (broad SMARTS) is 1.